The zero-order valence-corrected chi connectivity index (χ0v) is 9.36. The normalized spacial score (nSPS) is 12.8. The number of rotatable bonds is 5. The summed E-state index contributed by atoms with van der Waals surface area (Å²) in [5, 5.41) is 1.13. The lowest BCUT2D eigenvalue weighted by atomic mass is 10.0. The first-order valence-electron chi connectivity index (χ1n) is 5.65. The Bertz CT molecular complexity index is 472. The fourth-order valence-corrected chi connectivity index (χ4v) is 1.92. The molecule has 0 aliphatic rings. The monoisotopic (exact) mass is 215 g/mol. The SMILES string of the molecule is C=CCCCC(N)c1coc2ccccc12. The molecule has 2 nitrogen and oxygen atoms in total. The van der Waals surface area contributed by atoms with Crippen LogP contribution in [0.2, 0.25) is 0 Å². The average Bonchev–Trinajstić information content (AvgIpc) is 2.73. The van der Waals surface area contributed by atoms with Crippen LogP contribution in [0.5, 0.6) is 0 Å². The second-order valence-electron chi connectivity index (χ2n) is 4.01. The molecular formula is C14H17NO. The fraction of sp³-hybridized carbons (Fsp3) is 0.286. The first kappa shape index (κ1) is 11.0. The summed E-state index contributed by atoms with van der Waals surface area (Å²) in [6.45, 7) is 3.71. The summed E-state index contributed by atoms with van der Waals surface area (Å²) < 4.78 is 5.48. The molecule has 0 radical (unpaired) electrons. The number of allylic oxidation sites excluding steroid dienone is 1. The van der Waals surface area contributed by atoms with Crippen molar-refractivity contribution in [1.82, 2.24) is 0 Å². The van der Waals surface area contributed by atoms with Crippen molar-refractivity contribution in [3.8, 4) is 0 Å². The van der Waals surface area contributed by atoms with E-state index in [1.165, 1.54) is 0 Å². The topological polar surface area (TPSA) is 39.2 Å². The largest absolute Gasteiger partial charge is 0.464 e. The van der Waals surface area contributed by atoms with E-state index in [0.717, 1.165) is 35.8 Å². The highest BCUT2D eigenvalue weighted by Crippen LogP contribution is 2.27. The third-order valence-electron chi connectivity index (χ3n) is 2.83. The Morgan fingerprint density at radius 3 is 3.00 bits per heavy atom. The smallest absolute Gasteiger partial charge is 0.134 e. The summed E-state index contributed by atoms with van der Waals surface area (Å²) in [5.74, 6) is 0. The van der Waals surface area contributed by atoms with Crippen molar-refractivity contribution in [2.45, 2.75) is 25.3 Å². The van der Waals surface area contributed by atoms with Gasteiger partial charge in [0.1, 0.15) is 5.58 Å². The molecule has 0 saturated heterocycles. The molecule has 2 rings (SSSR count). The van der Waals surface area contributed by atoms with Gasteiger partial charge in [0.2, 0.25) is 0 Å². The van der Waals surface area contributed by atoms with Crippen LogP contribution in [0.15, 0.2) is 47.6 Å². The van der Waals surface area contributed by atoms with Crippen LogP contribution in [0, 0.1) is 0 Å². The van der Waals surface area contributed by atoms with Gasteiger partial charge >= 0.3 is 0 Å². The van der Waals surface area contributed by atoms with E-state index in [2.05, 4.69) is 12.6 Å². The lowest BCUT2D eigenvalue weighted by Gasteiger charge is -2.08. The van der Waals surface area contributed by atoms with E-state index in [9.17, 15) is 0 Å². The summed E-state index contributed by atoms with van der Waals surface area (Å²) in [5.41, 5.74) is 8.18. The standard InChI is InChI=1S/C14H17NO/c1-2-3-4-8-13(15)12-10-16-14-9-6-5-7-11(12)14/h2,5-7,9-10,13H,1,3-4,8,15H2. The van der Waals surface area contributed by atoms with E-state index in [4.69, 9.17) is 10.2 Å². The Hall–Kier alpha value is -1.54. The van der Waals surface area contributed by atoms with Gasteiger partial charge in [-0.2, -0.15) is 0 Å². The van der Waals surface area contributed by atoms with E-state index < -0.39 is 0 Å². The molecule has 1 aromatic carbocycles. The average molecular weight is 215 g/mol. The third-order valence-corrected chi connectivity index (χ3v) is 2.83. The van der Waals surface area contributed by atoms with Crippen molar-refractivity contribution in [3.63, 3.8) is 0 Å². The van der Waals surface area contributed by atoms with E-state index in [1.54, 1.807) is 6.26 Å². The molecule has 1 heterocycles. The molecule has 0 bridgehead atoms. The number of para-hydroxylation sites is 1. The minimum absolute atomic E-state index is 0.0589. The van der Waals surface area contributed by atoms with Crippen molar-refractivity contribution < 1.29 is 4.42 Å². The van der Waals surface area contributed by atoms with Crippen molar-refractivity contribution in [2.75, 3.05) is 0 Å². The van der Waals surface area contributed by atoms with E-state index >= 15 is 0 Å². The summed E-state index contributed by atoms with van der Waals surface area (Å²) in [4.78, 5) is 0. The molecule has 1 unspecified atom stereocenters. The number of benzene rings is 1. The van der Waals surface area contributed by atoms with Gasteiger partial charge in [-0.15, -0.1) is 6.58 Å². The summed E-state index contributed by atoms with van der Waals surface area (Å²) in [6.07, 6.45) is 6.77. The molecule has 2 N–H and O–H groups in total. The number of furan rings is 1. The number of hydrogen-bond acceptors (Lipinski definition) is 2. The van der Waals surface area contributed by atoms with Crippen LogP contribution >= 0.6 is 0 Å². The molecule has 0 fully saturated rings. The summed E-state index contributed by atoms with van der Waals surface area (Å²) in [6, 6.07) is 8.07. The molecule has 0 aliphatic heterocycles. The molecule has 2 heteroatoms. The predicted octanol–water partition coefficient (Wildman–Crippen LogP) is 3.79. The van der Waals surface area contributed by atoms with Crippen molar-refractivity contribution in [1.29, 1.82) is 0 Å². The van der Waals surface area contributed by atoms with Gasteiger partial charge in [0.25, 0.3) is 0 Å². The van der Waals surface area contributed by atoms with Crippen LogP contribution in [0.1, 0.15) is 30.9 Å². The van der Waals surface area contributed by atoms with Gasteiger partial charge in [0.05, 0.1) is 6.26 Å². The first-order valence-corrected chi connectivity index (χ1v) is 5.65. The second kappa shape index (κ2) is 4.99. The minimum atomic E-state index is 0.0589. The van der Waals surface area contributed by atoms with E-state index in [0.29, 0.717) is 0 Å². The molecule has 0 spiro atoms. The van der Waals surface area contributed by atoms with Gasteiger partial charge in [-0.3, -0.25) is 0 Å². The first-order chi connectivity index (χ1) is 7.83. The van der Waals surface area contributed by atoms with Gasteiger partial charge < -0.3 is 10.2 Å². The van der Waals surface area contributed by atoms with Gasteiger partial charge in [0.15, 0.2) is 0 Å². The van der Waals surface area contributed by atoms with Crippen LogP contribution in [0.3, 0.4) is 0 Å². The van der Waals surface area contributed by atoms with Gasteiger partial charge in [-0.25, -0.2) is 0 Å². The van der Waals surface area contributed by atoms with Crippen LogP contribution in [0.25, 0.3) is 11.0 Å². The highest BCUT2D eigenvalue weighted by Gasteiger charge is 2.12. The van der Waals surface area contributed by atoms with Crippen LogP contribution in [-0.4, -0.2) is 0 Å². The molecule has 0 aliphatic carbocycles. The Morgan fingerprint density at radius 1 is 1.38 bits per heavy atom. The van der Waals surface area contributed by atoms with E-state index in [-0.39, 0.29) is 6.04 Å². The molecule has 16 heavy (non-hydrogen) atoms. The molecule has 0 amide bonds. The van der Waals surface area contributed by atoms with Crippen LogP contribution < -0.4 is 5.73 Å². The molecule has 84 valence electrons. The van der Waals surface area contributed by atoms with Crippen molar-refractivity contribution >= 4 is 11.0 Å². The minimum Gasteiger partial charge on any atom is -0.464 e. The van der Waals surface area contributed by atoms with Gasteiger partial charge in [-0.1, -0.05) is 24.3 Å². The maximum atomic E-state index is 6.15. The molecule has 1 aromatic heterocycles. The molecule has 2 aromatic rings. The second-order valence-corrected chi connectivity index (χ2v) is 4.01. The maximum absolute atomic E-state index is 6.15. The zero-order valence-electron chi connectivity index (χ0n) is 9.36. The number of nitrogens with two attached hydrogens (primary N) is 1. The Balaban J connectivity index is 2.16. The third kappa shape index (κ3) is 2.17. The highest BCUT2D eigenvalue weighted by molar-refractivity contribution is 5.81. The fourth-order valence-electron chi connectivity index (χ4n) is 1.92. The van der Waals surface area contributed by atoms with Crippen LogP contribution in [0.4, 0.5) is 0 Å². The lowest BCUT2D eigenvalue weighted by Crippen LogP contribution is -2.09. The van der Waals surface area contributed by atoms with Crippen molar-refractivity contribution in [2.24, 2.45) is 5.73 Å². The number of unbranched alkanes of at least 4 members (excludes halogenated alkanes) is 1. The van der Waals surface area contributed by atoms with Crippen molar-refractivity contribution in [3.05, 3.63) is 48.7 Å². The Labute approximate surface area is 95.7 Å². The van der Waals surface area contributed by atoms with E-state index in [1.807, 2.05) is 24.3 Å². The lowest BCUT2D eigenvalue weighted by molar-refractivity contribution is 0.579. The predicted molar refractivity (Wildman–Crippen MR) is 67.2 cm³/mol. The Morgan fingerprint density at radius 2 is 2.19 bits per heavy atom. The number of fused-ring (bicyclic) bond motifs is 1. The highest BCUT2D eigenvalue weighted by atomic mass is 16.3. The zero-order chi connectivity index (χ0) is 11.4. The molecule has 0 saturated carbocycles. The molecule has 1 atom stereocenters. The quantitative estimate of drug-likeness (QED) is 0.608. The van der Waals surface area contributed by atoms with Gasteiger partial charge in [-0.05, 0) is 25.3 Å². The summed E-state index contributed by atoms with van der Waals surface area (Å²) >= 11 is 0. The molecular weight excluding hydrogens is 198 g/mol. The summed E-state index contributed by atoms with van der Waals surface area (Å²) in [7, 11) is 0. The van der Waals surface area contributed by atoms with Crippen LogP contribution in [-0.2, 0) is 0 Å². The number of hydrogen-bond donors (Lipinski definition) is 1. The maximum Gasteiger partial charge on any atom is 0.134 e. The van der Waals surface area contributed by atoms with Gasteiger partial charge in [0, 0.05) is 17.0 Å². The Kier molecular flexibility index (Phi) is 3.42.